The summed E-state index contributed by atoms with van der Waals surface area (Å²) >= 11 is 5.61. The standard InChI is InChI=1S/C9H6ClO/c1-6-2-3-8-7(4-6)5-9(10)11-8/h2-4H,1H3. The molecule has 2 rings (SSSR count). The van der Waals surface area contributed by atoms with Gasteiger partial charge in [0.2, 0.25) is 5.22 Å². The molecule has 0 unspecified atom stereocenters. The Bertz CT molecular complexity index is 389. The lowest BCUT2D eigenvalue weighted by atomic mass is 10.2. The molecule has 0 atom stereocenters. The minimum absolute atomic E-state index is 0.325. The molecule has 0 spiro atoms. The third-order valence-electron chi connectivity index (χ3n) is 1.57. The topological polar surface area (TPSA) is 13.1 Å². The Morgan fingerprint density at radius 2 is 2.27 bits per heavy atom. The fourth-order valence-electron chi connectivity index (χ4n) is 1.06. The average molecular weight is 166 g/mol. The maximum atomic E-state index is 5.61. The van der Waals surface area contributed by atoms with Crippen LogP contribution in [0.5, 0.6) is 0 Å². The van der Waals surface area contributed by atoms with E-state index in [1.54, 1.807) is 0 Å². The van der Waals surface area contributed by atoms with Gasteiger partial charge in [-0.1, -0.05) is 11.6 Å². The summed E-state index contributed by atoms with van der Waals surface area (Å²) in [7, 11) is 0. The zero-order valence-corrected chi connectivity index (χ0v) is 6.77. The Morgan fingerprint density at radius 3 is 3.09 bits per heavy atom. The minimum atomic E-state index is 0.325. The number of furan rings is 1. The molecule has 1 heterocycles. The Hall–Kier alpha value is -0.950. The average Bonchev–Trinajstić information content (AvgIpc) is 2.27. The highest BCUT2D eigenvalue weighted by Gasteiger charge is 2.00. The van der Waals surface area contributed by atoms with Crippen molar-refractivity contribution in [2.45, 2.75) is 6.92 Å². The van der Waals surface area contributed by atoms with Crippen molar-refractivity contribution in [2.24, 2.45) is 0 Å². The summed E-state index contributed by atoms with van der Waals surface area (Å²) in [6.45, 7) is 2.02. The first-order valence-corrected chi connectivity index (χ1v) is 3.71. The van der Waals surface area contributed by atoms with E-state index in [1.165, 1.54) is 5.56 Å². The van der Waals surface area contributed by atoms with E-state index in [9.17, 15) is 0 Å². The third kappa shape index (κ3) is 1.12. The zero-order chi connectivity index (χ0) is 7.84. The van der Waals surface area contributed by atoms with Gasteiger partial charge in [-0.3, -0.25) is 0 Å². The normalized spacial score (nSPS) is 10.7. The molecule has 0 aliphatic rings. The number of aryl methyl sites for hydroxylation is 1. The smallest absolute Gasteiger partial charge is 0.202 e. The van der Waals surface area contributed by atoms with Crippen molar-refractivity contribution in [3.8, 4) is 0 Å². The molecular weight excluding hydrogens is 160 g/mol. The van der Waals surface area contributed by atoms with Gasteiger partial charge in [0.25, 0.3) is 0 Å². The minimum Gasteiger partial charge on any atom is -0.444 e. The van der Waals surface area contributed by atoms with Gasteiger partial charge in [-0.15, -0.1) is 0 Å². The quantitative estimate of drug-likeness (QED) is 0.584. The number of hydrogen-bond donors (Lipinski definition) is 0. The second-order valence-electron chi connectivity index (χ2n) is 2.50. The Balaban J connectivity index is 2.82. The summed E-state index contributed by atoms with van der Waals surface area (Å²) in [4.78, 5) is 0. The fourth-order valence-corrected chi connectivity index (χ4v) is 1.24. The second kappa shape index (κ2) is 2.28. The van der Waals surface area contributed by atoms with E-state index in [2.05, 4.69) is 6.07 Å². The molecule has 11 heavy (non-hydrogen) atoms. The Morgan fingerprint density at radius 1 is 1.45 bits per heavy atom. The van der Waals surface area contributed by atoms with Crippen LogP contribution in [0.2, 0.25) is 5.22 Å². The van der Waals surface area contributed by atoms with Crippen LogP contribution in [-0.2, 0) is 0 Å². The van der Waals surface area contributed by atoms with Gasteiger partial charge in [0.15, 0.2) is 0 Å². The number of hydrogen-bond acceptors (Lipinski definition) is 1. The SMILES string of the molecule is Cc1ccc2oc(Cl)[c]c2c1. The van der Waals surface area contributed by atoms with E-state index in [4.69, 9.17) is 16.0 Å². The fraction of sp³-hybridized carbons (Fsp3) is 0.111. The van der Waals surface area contributed by atoms with Crippen molar-refractivity contribution in [1.29, 1.82) is 0 Å². The van der Waals surface area contributed by atoms with Gasteiger partial charge < -0.3 is 4.42 Å². The molecule has 0 aliphatic carbocycles. The third-order valence-corrected chi connectivity index (χ3v) is 1.74. The molecule has 1 aromatic heterocycles. The Kier molecular flexibility index (Phi) is 1.40. The molecule has 0 aliphatic heterocycles. The van der Waals surface area contributed by atoms with Crippen molar-refractivity contribution >= 4 is 22.6 Å². The summed E-state index contributed by atoms with van der Waals surface area (Å²) in [5.74, 6) is 0. The molecule has 1 nitrogen and oxygen atoms in total. The van der Waals surface area contributed by atoms with Crippen LogP contribution in [0.1, 0.15) is 5.56 Å². The lowest BCUT2D eigenvalue weighted by Gasteiger charge is -1.88. The highest BCUT2D eigenvalue weighted by Crippen LogP contribution is 2.22. The highest BCUT2D eigenvalue weighted by atomic mass is 35.5. The van der Waals surface area contributed by atoms with Crippen molar-refractivity contribution in [3.63, 3.8) is 0 Å². The molecule has 2 aromatic rings. The summed E-state index contributed by atoms with van der Waals surface area (Å²) in [6.07, 6.45) is 0. The molecule has 1 aromatic carbocycles. The molecule has 55 valence electrons. The molecule has 0 amide bonds. The summed E-state index contributed by atoms with van der Waals surface area (Å²) in [5, 5.41) is 1.26. The van der Waals surface area contributed by atoms with E-state index in [0.29, 0.717) is 5.22 Å². The van der Waals surface area contributed by atoms with Crippen LogP contribution in [0, 0.1) is 13.0 Å². The number of benzene rings is 1. The van der Waals surface area contributed by atoms with Crippen molar-refractivity contribution in [1.82, 2.24) is 0 Å². The van der Waals surface area contributed by atoms with Gasteiger partial charge in [-0.05, 0) is 30.7 Å². The first-order valence-electron chi connectivity index (χ1n) is 3.34. The van der Waals surface area contributed by atoms with Crippen LogP contribution in [0.15, 0.2) is 22.6 Å². The lowest BCUT2D eigenvalue weighted by Crippen LogP contribution is -1.68. The van der Waals surface area contributed by atoms with Crippen LogP contribution in [-0.4, -0.2) is 0 Å². The number of rotatable bonds is 0. The molecule has 0 saturated heterocycles. The van der Waals surface area contributed by atoms with Gasteiger partial charge in [-0.2, -0.15) is 0 Å². The molecule has 1 radical (unpaired) electrons. The maximum Gasteiger partial charge on any atom is 0.202 e. The van der Waals surface area contributed by atoms with E-state index < -0.39 is 0 Å². The van der Waals surface area contributed by atoms with Crippen molar-refractivity contribution < 1.29 is 4.42 Å². The van der Waals surface area contributed by atoms with E-state index >= 15 is 0 Å². The number of halogens is 1. The maximum absolute atomic E-state index is 5.61. The van der Waals surface area contributed by atoms with Crippen LogP contribution in [0.25, 0.3) is 11.0 Å². The molecule has 0 bridgehead atoms. The predicted octanol–water partition coefficient (Wildman–Crippen LogP) is 3.19. The van der Waals surface area contributed by atoms with E-state index in [0.717, 1.165) is 11.0 Å². The van der Waals surface area contributed by atoms with Crippen LogP contribution >= 0.6 is 11.6 Å². The largest absolute Gasteiger partial charge is 0.444 e. The van der Waals surface area contributed by atoms with Crippen LogP contribution in [0.3, 0.4) is 0 Å². The van der Waals surface area contributed by atoms with Crippen LogP contribution < -0.4 is 0 Å². The monoisotopic (exact) mass is 165 g/mol. The van der Waals surface area contributed by atoms with Gasteiger partial charge in [-0.25, -0.2) is 0 Å². The van der Waals surface area contributed by atoms with Gasteiger partial charge in [0.05, 0.1) is 6.07 Å². The van der Waals surface area contributed by atoms with Gasteiger partial charge in [0, 0.05) is 5.39 Å². The molecule has 0 fully saturated rings. The molecular formula is C9H6ClO. The van der Waals surface area contributed by atoms with Crippen LogP contribution in [0.4, 0.5) is 0 Å². The molecule has 2 heteroatoms. The number of fused-ring (bicyclic) bond motifs is 1. The second-order valence-corrected chi connectivity index (χ2v) is 2.84. The van der Waals surface area contributed by atoms with Gasteiger partial charge >= 0.3 is 0 Å². The summed E-state index contributed by atoms with van der Waals surface area (Å²) < 4.78 is 5.13. The highest BCUT2D eigenvalue weighted by molar-refractivity contribution is 6.29. The van der Waals surface area contributed by atoms with Crippen molar-refractivity contribution in [3.05, 3.63) is 35.0 Å². The molecule has 0 saturated carbocycles. The van der Waals surface area contributed by atoms with Gasteiger partial charge in [0.1, 0.15) is 5.58 Å². The first kappa shape index (κ1) is 6.74. The predicted molar refractivity (Wildman–Crippen MR) is 44.8 cm³/mol. The first-order chi connectivity index (χ1) is 5.25. The summed E-state index contributed by atoms with van der Waals surface area (Å²) in [5.41, 5.74) is 1.98. The molecule has 0 N–H and O–H groups in total. The summed E-state index contributed by atoms with van der Waals surface area (Å²) in [6, 6.07) is 8.77. The zero-order valence-electron chi connectivity index (χ0n) is 6.02. The van der Waals surface area contributed by atoms with E-state index in [-0.39, 0.29) is 0 Å². The van der Waals surface area contributed by atoms with E-state index in [1.807, 2.05) is 25.1 Å². The Labute approximate surface area is 69.6 Å². The lowest BCUT2D eigenvalue weighted by molar-refractivity contribution is 0.617. The van der Waals surface area contributed by atoms with Crippen molar-refractivity contribution in [2.75, 3.05) is 0 Å².